The average molecular weight is 835 g/mol. The molecule has 0 unspecified atom stereocenters. The largest absolute Gasteiger partial charge is 0.508 e. The number of phenolic OH excluding ortho intramolecular Hbond substituents is 10. The molecule has 0 saturated carbocycles. The maximum absolute atomic E-state index is 12.3. The van der Waals surface area contributed by atoms with Crippen LogP contribution in [0, 0.1) is 0 Å². The number of aliphatic hydroxyl groups excluding tert-OH is 1. The summed E-state index contributed by atoms with van der Waals surface area (Å²) in [5.41, 5.74) is 5.20. The zero-order valence-electron chi connectivity index (χ0n) is 33.0. The number of hydrogen-bond acceptors (Lipinski definition) is 12. The second kappa shape index (κ2) is 16.2. The first-order valence-corrected chi connectivity index (χ1v) is 19.6. The van der Waals surface area contributed by atoms with E-state index in [4.69, 9.17) is 0 Å². The summed E-state index contributed by atoms with van der Waals surface area (Å²) in [7, 11) is 0. The molecule has 0 aliphatic rings. The Morgan fingerprint density at radius 3 is 1.24 bits per heavy atom. The number of rotatable bonds is 11. The quantitative estimate of drug-likeness (QED) is 0.0552. The average Bonchev–Trinajstić information content (AvgIpc) is 3.23. The van der Waals surface area contributed by atoms with E-state index in [2.05, 4.69) is 0 Å². The van der Waals surface area contributed by atoms with Gasteiger partial charge in [0.25, 0.3) is 0 Å². The Hall–Kier alpha value is -7.96. The Bertz CT molecular complexity index is 3060. The van der Waals surface area contributed by atoms with Crippen molar-refractivity contribution in [1.29, 1.82) is 0 Å². The third-order valence-electron chi connectivity index (χ3n) is 11.4. The number of hydrogen-bond donors (Lipinski definition) is 12. The number of fused-ring (bicyclic) bond motifs is 2. The zero-order chi connectivity index (χ0) is 44.0. The Balaban J connectivity index is 1.34. The van der Waals surface area contributed by atoms with Gasteiger partial charge in [0.05, 0.1) is 6.61 Å². The maximum Gasteiger partial charge on any atom is 0.157 e. The first-order chi connectivity index (χ1) is 29.6. The summed E-state index contributed by atoms with van der Waals surface area (Å²) in [5.74, 6) is -2.64. The number of aliphatic hydroxyl groups is 1. The van der Waals surface area contributed by atoms with Gasteiger partial charge in [0, 0.05) is 42.4 Å². The number of benzene rings is 8. The van der Waals surface area contributed by atoms with Gasteiger partial charge in [0.2, 0.25) is 0 Å². The second-order valence-electron chi connectivity index (χ2n) is 15.6. The minimum absolute atomic E-state index is 0.0924. The van der Waals surface area contributed by atoms with Crippen LogP contribution in [0.4, 0.5) is 0 Å². The first-order valence-electron chi connectivity index (χ1n) is 19.6. The minimum Gasteiger partial charge on any atom is -0.508 e. The fraction of sp³-hybridized carbons (Fsp3) is 0.120. The first kappa shape index (κ1) is 40.8. The fourth-order valence-electron chi connectivity index (χ4n) is 8.15. The molecule has 0 heterocycles. The Morgan fingerprint density at radius 1 is 0.290 bits per heavy atom. The monoisotopic (exact) mass is 834 g/mol. The van der Waals surface area contributed by atoms with Crippen molar-refractivity contribution >= 4 is 21.5 Å². The molecule has 62 heavy (non-hydrogen) atoms. The molecule has 0 amide bonds. The summed E-state index contributed by atoms with van der Waals surface area (Å²) in [5, 5.41) is 130. The highest BCUT2D eigenvalue weighted by Gasteiger charge is 2.23. The lowest BCUT2D eigenvalue weighted by Gasteiger charge is -2.20. The van der Waals surface area contributed by atoms with E-state index in [1.54, 1.807) is 54.6 Å². The van der Waals surface area contributed by atoms with Gasteiger partial charge in [-0.1, -0.05) is 30.3 Å². The number of phenols is 11. The van der Waals surface area contributed by atoms with E-state index in [1.165, 1.54) is 54.6 Å². The van der Waals surface area contributed by atoms with Crippen LogP contribution < -0.4 is 0 Å². The molecule has 8 aromatic rings. The summed E-state index contributed by atoms with van der Waals surface area (Å²) in [4.78, 5) is 0. The van der Waals surface area contributed by atoms with Crippen molar-refractivity contribution in [1.82, 2.24) is 0 Å². The van der Waals surface area contributed by atoms with E-state index in [0.29, 0.717) is 82.7 Å². The van der Waals surface area contributed by atoms with Gasteiger partial charge in [-0.3, -0.25) is 0 Å². The van der Waals surface area contributed by atoms with Crippen LogP contribution in [0.15, 0.2) is 109 Å². The highest BCUT2D eigenvalue weighted by atomic mass is 16.3. The van der Waals surface area contributed by atoms with Crippen LogP contribution in [0.3, 0.4) is 0 Å². The predicted molar refractivity (Wildman–Crippen MR) is 232 cm³/mol. The maximum atomic E-state index is 12.3. The molecule has 0 aromatic heterocycles. The third kappa shape index (κ3) is 8.02. The predicted octanol–water partition coefficient (Wildman–Crippen LogP) is 8.20. The molecule has 0 radical (unpaired) electrons. The van der Waals surface area contributed by atoms with E-state index in [9.17, 15) is 61.3 Å². The third-order valence-corrected chi connectivity index (χ3v) is 11.4. The minimum atomic E-state index is -0.376. The molecule has 314 valence electrons. The topological polar surface area (TPSA) is 243 Å². The molecule has 12 nitrogen and oxygen atoms in total. The molecule has 12 heteroatoms. The van der Waals surface area contributed by atoms with Crippen LogP contribution in [0.5, 0.6) is 63.2 Å². The highest BCUT2D eigenvalue weighted by Crippen LogP contribution is 2.44. The molecule has 0 fully saturated rings. The zero-order valence-corrected chi connectivity index (χ0v) is 33.0. The molecule has 8 rings (SSSR count). The SMILES string of the molecule is OCc1ccc(Cc2cc3c(Cc4ccc(O)c(O)c4)cc(O)cc3c(Cc3c(O)c(Cc4ccc(O)c(O)c4)cc4cc(Cc5ccc(O)c(O)c5)c(O)cc34)c2O)cc1O. The standard InChI is InChI=1S/C50H42O12/c51-24-29-5-1-25(13-44(29)56)12-34-20-36-30(9-26-2-6-41(53)46(58)14-26)19-35(52)21-38(36)40(50(34)62)22-39-37-23-45(57)32(10-27-3-7-42(54)47(59)15-27)17-31(37)18-33(49(39)61)11-28-4-8-43(55)48(60)16-28/h1-8,13-21,23,51-62H,9-12,22,24H2. The van der Waals surface area contributed by atoms with Crippen LogP contribution in [0.2, 0.25) is 0 Å². The molecule has 0 bridgehead atoms. The smallest absolute Gasteiger partial charge is 0.157 e. The summed E-state index contributed by atoms with van der Waals surface area (Å²) < 4.78 is 0. The lowest BCUT2D eigenvalue weighted by molar-refractivity contribution is 0.275. The van der Waals surface area contributed by atoms with Crippen molar-refractivity contribution in [2.24, 2.45) is 0 Å². The van der Waals surface area contributed by atoms with Crippen LogP contribution in [-0.4, -0.2) is 61.3 Å². The van der Waals surface area contributed by atoms with Gasteiger partial charge in [-0.2, -0.15) is 0 Å². The molecular weight excluding hydrogens is 793 g/mol. The van der Waals surface area contributed by atoms with Crippen molar-refractivity contribution < 1.29 is 61.3 Å². The van der Waals surface area contributed by atoms with Gasteiger partial charge in [-0.15, -0.1) is 0 Å². The molecule has 0 spiro atoms. The van der Waals surface area contributed by atoms with Crippen LogP contribution in [0.25, 0.3) is 21.5 Å². The van der Waals surface area contributed by atoms with Crippen LogP contribution in [0.1, 0.15) is 61.2 Å². The van der Waals surface area contributed by atoms with Gasteiger partial charge >= 0.3 is 0 Å². The Morgan fingerprint density at radius 2 is 0.726 bits per heavy atom. The lowest BCUT2D eigenvalue weighted by atomic mass is 9.86. The van der Waals surface area contributed by atoms with E-state index < -0.39 is 0 Å². The van der Waals surface area contributed by atoms with Crippen molar-refractivity contribution in [3.63, 3.8) is 0 Å². The van der Waals surface area contributed by atoms with Crippen LogP contribution >= 0.6 is 0 Å². The molecule has 12 N–H and O–H groups in total. The van der Waals surface area contributed by atoms with Gasteiger partial charge < -0.3 is 61.3 Å². The second-order valence-corrected chi connectivity index (χ2v) is 15.6. The summed E-state index contributed by atoms with van der Waals surface area (Å²) in [6.07, 6.45) is 0.413. The molecule has 8 aromatic carbocycles. The normalized spacial score (nSPS) is 11.4. The van der Waals surface area contributed by atoms with Gasteiger partial charge in [0.15, 0.2) is 34.5 Å². The Kier molecular flexibility index (Phi) is 10.7. The van der Waals surface area contributed by atoms with Gasteiger partial charge in [0.1, 0.15) is 28.7 Å². The van der Waals surface area contributed by atoms with Crippen molar-refractivity contribution in [3.8, 4) is 63.2 Å². The van der Waals surface area contributed by atoms with Crippen molar-refractivity contribution in [2.75, 3.05) is 0 Å². The molecular formula is C50H42O12. The fourth-order valence-corrected chi connectivity index (χ4v) is 8.15. The molecule has 0 atom stereocenters. The molecule has 0 aliphatic carbocycles. The van der Waals surface area contributed by atoms with Gasteiger partial charge in [-0.05, 0) is 151 Å². The van der Waals surface area contributed by atoms with Gasteiger partial charge in [-0.25, -0.2) is 0 Å². The van der Waals surface area contributed by atoms with Crippen molar-refractivity contribution in [3.05, 3.63) is 170 Å². The Labute approximate surface area is 354 Å². The summed E-state index contributed by atoms with van der Waals surface area (Å²) in [6, 6.07) is 27.7. The van der Waals surface area contributed by atoms with E-state index >= 15 is 0 Å². The molecule has 0 saturated heterocycles. The van der Waals surface area contributed by atoms with E-state index in [0.717, 1.165) is 0 Å². The van der Waals surface area contributed by atoms with Crippen molar-refractivity contribution in [2.45, 2.75) is 38.7 Å². The lowest BCUT2D eigenvalue weighted by Crippen LogP contribution is -2.02. The number of aromatic hydroxyl groups is 11. The molecule has 0 aliphatic heterocycles. The summed E-state index contributed by atoms with van der Waals surface area (Å²) in [6.45, 7) is -0.376. The van der Waals surface area contributed by atoms with E-state index in [-0.39, 0.29) is 102 Å². The highest BCUT2D eigenvalue weighted by molar-refractivity contribution is 5.96. The van der Waals surface area contributed by atoms with E-state index in [1.807, 2.05) is 0 Å². The summed E-state index contributed by atoms with van der Waals surface area (Å²) >= 11 is 0. The van der Waals surface area contributed by atoms with Crippen LogP contribution in [-0.2, 0) is 38.7 Å².